The van der Waals surface area contributed by atoms with Crippen molar-refractivity contribution in [2.75, 3.05) is 23.3 Å². The van der Waals surface area contributed by atoms with Gasteiger partial charge >= 0.3 is 0 Å². The lowest BCUT2D eigenvalue weighted by Gasteiger charge is -2.26. The molecule has 116 valence electrons. The van der Waals surface area contributed by atoms with Gasteiger partial charge in [-0.05, 0) is 25.1 Å². The largest absolute Gasteiger partial charge is 0.482 e. The molecule has 1 aromatic carbocycles. The van der Waals surface area contributed by atoms with Crippen LogP contribution in [0.3, 0.4) is 0 Å². The van der Waals surface area contributed by atoms with Crippen LogP contribution in [0, 0.1) is 6.92 Å². The zero-order chi connectivity index (χ0) is 15.9. The normalized spacial score (nSPS) is 14.5. The van der Waals surface area contributed by atoms with E-state index in [0.29, 0.717) is 16.6 Å². The van der Waals surface area contributed by atoms with Gasteiger partial charge in [-0.2, -0.15) is 0 Å². The monoisotopic (exact) mass is 339 g/mol. The van der Waals surface area contributed by atoms with Crippen molar-refractivity contribution in [3.63, 3.8) is 0 Å². The molecule has 2 heterocycles. The maximum atomic E-state index is 12.4. The molecule has 0 bridgehead atoms. The summed E-state index contributed by atoms with van der Waals surface area (Å²) in [5.74, 6) is 0.247. The number of fused-ring (bicyclic) bond motifs is 1. The van der Waals surface area contributed by atoms with Gasteiger partial charge in [0.15, 0.2) is 11.7 Å². The van der Waals surface area contributed by atoms with Crippen molar-refractivity contribution >= 4 is 38.1 Å². The number of anilines is 2. The summed E-state index contributed by atoms with van der Waals surface area (Å²) < 4.78 is 32.5. The number of hydrogen-bond donors (Lipinski definition) is 1. The van der Waals surface area contributed by atoms with Crippen molar-refractivity contribution < 1.29 is 17.9 Å². The minimum absolute atomic E-state index is 0.0456. The predicted octanol–water partition coefficient (Wildman–Crippen LogP) is 1.61. The quantitative estimate of drug-likeness (QED) is 0.918. The molecule has 9 heteroatoms. The van der Waals surface area contributed by atoms with Gasteiger partial charge in [0, 0.05) is 12.4 Å². The topological polar surface area (TPSA) is 88.6 Å². The Labute approximate surface area is 131 Å². The number of benzene rings is 1. The van der Waals surface area contributed by atoms with Crippen molar-refractivity contribution in [3.8, 4) is 5.75 Å². The van der Waals surface area contributed by atoms with Gasteiger partial charge in [-0.25, -0.2) is 13.4 Å². The number of carbonyl (C=O) groups is 1. The second kappa shape index (κ2) is 5.25. The van der Waals surface area contributed by atoms with E-state index in [2.05, 4.69) is 9.71 Å². The lowest BCUT2D eigenvalue weighted by Crippen LogP contribution is -2.35. The summed E-state index contributed by atoms with van der Waals surface area (Å²) in [6, 6.07) is 4.39. The molecule has 0 fully saturated rings. The molecule has 7 nitrogen and oxygen atoms in total. The molecule has 0 spiro atoms. The minimum atomic E-state index is -3.77. The third kappa shape index (κ3) is 2.64. The molecular weight excluding hydrogens is 326 g/mol. The fourth-order valence-corrected chi connectivity index (χ4v) is 3.95. The number of sulfonamides is 1. The molecule has 22 heavy (non-hydrogen) atoms. The Kier molecular flexibility index (Phi) is 3.53. The smallest absolute Gasteiger partial charge is 0.264 e. The van der Waals surface area contributed by atoms with E-state index in [1.165, 1.54) is 28.4 Å². The van der Waals surface area contributed by atoms with E-state index in [1.807, 2.05) is 0 Å². The van der Waals surface area contributed by atoms with Gasteiger partial charge in [0.05, 0.1) is 16.3 Å². The van der Waals surface area contributed by atoms with Crippen LogP contribution in [0.1, 0.15) is 5.69 Å². The molecule has 0 saturated heterocycles. The van der Waals surface area contributed by atoms with Gasteiger partial charge in [-0.1, -0.05) is 0 Å². The zero-order valence-electron chi connectivity index (χ0n) is 11.9. The number of nitrogens with zero attached hydrogens (tertiary/aromatic N) is 2. The Hall–Kier alpha value is -2.13. The van der Waals surface area contributed by atoms with Gasteiger partial charge in [-0.3, -0.25) is 9.52 Å². The van der Waals surface area contributed by atoms with E-state index in [1.54, 1.807) is 25.4 Å². The summed E-state index contributed by atoms with van der Waals surface area (Å²) in [6.45, 7) is 1.73. The molecule has 0 atom stereocenters. The SMILES string of the molecule is Cc1csc(NS(=O)(=O)c2ccc3c(c2)N(C)C(=O)CO3)n1. The number of nitrogens with one attached hydrogen (secondary N) is 1. The summed E-state index contributed by atoms with van der Waals surface area (Å²) in [5.41, 5.74) is 1.17. The molecule has 0 aliphatic carbocycles. The maximum absolute atomic E-state index is 12.4. The van der Waals surface area contributed by atoms with E-state index in [4.69, 9.17) is 4.74 Å². The summed E-state index contributed by atoms with van der Waals surface area (Å²) >= 11 is 1.21. The maximum Gasteiger partial charge on any atom is 0.264 e. The summed E-state index contributed by atoms with van der Waals surface area (Å²) in [5, 5.41) is 2.06. The van der Waals surface area contributed by atoms with E-state index in [9.17, 15) is 13.2 Å². The molecule has 1 aromatic heterocycles. The van der Waals surface area contributed by atoms with Crippen LogP contribution in [0.25, 0.3) is 0 Å². The lowest BCUT2D eigenvalue weighted by atomic mass is 10.2. The fraction of sp³-hybridized carbons (Fsp3) is 0.231. The lowest BCUT2D eigenvalue weighted by molar-refractivity contribution is -0.120. The highest BCUT2D eigenvalue weighted by Crippen LogP contribution is 2.33. The van der Waals surface area contributed by atoms with Gasteiger partial charge < -0.3 is 9.64 Å². The summed E-state index contributed by atoms with van der Waals surface area (Å²) in [6.07, 6.45) is 0. The van der Waals surface area contributed by atoms with Crippen LogP contribution < -0.4 is 14.4 Å². The molecule has 1 amide bonds. The number of amides is 1. The number of aromatic nitrogens is 1. The van der Waals surface area contributed by atoms with Crippen LogP contribution in [-0.4, -0.2) is 33.0 Å². The zero-order valence-corrected chi connectivity index (χ0v) is 13.5. The van der Waals surface area contributed by atoms with Crippen LogP contribution in [0.15, 0.2) is 28.5 Å². The second-order valence-electron chi connectivity index (χ2n) is 4.77. The third-order valence-corrected chi connectivity index (χ3v) is 5.51. The number of likely N-dealkylation sites (N-methyl/N-ethyl adjacent to an activating group) is 1. The molecule has 2 aromatic rings. The first-order valence-corrected chi connectivity index (χ1v) is 8.71. The van der Waals surface area contributed by atoms with Crippen molar-refractivity contribution in [2.45, 2.75) is 11.8 Å². The van der Waals surface area contributed by atoms with Crippen LogP contribution >= 0.6 is 11.3 Å². The Bertz CT molecular complexity index is 845. The predicted molar refractivity (Wildman–Crippen MR) is 83.0 cm³/mol. The molecule has 0 radical (unpaired) electrons. The van der Waals surface area contributed by atoms with Gasteiger partial charge in [0.2, 0.25) is 0 Å². The number of carbonyl (C=O) groups excluding carboxylic acids is 1. The minimum Gasteiger partial charge on any atom is -0.482 e. The van der Waals surface area contributed by atoms with Gasteiger partial charge in [0.25, 0.3) is 15.9 Å². The molecule has 3 rings (SSSR count). The van der Waals surface area contributed by atoms with E-state index < -0.39 is 10.0 Å². The van der Waals surface area contributed by atoms with Crippen LogP contribution in [0.4, 0.5) is 10.8 Å². The van der Waals surface area contributed by atoms with Crippen LogP contribution in [0.5, 0.6) is 5.75 Å². The highest BCUT2D eigenvalue weighted by Gasteiger charge is 2.25. The average molecular weight is 339 g/mol. The number of hydrogen-bond acceptors (Lipinski definition) is 6. The molecule has 1 aliphatic rings. The summed E-state index contributed by atoms with van der Waals surface area (Å²) in [7, 11) is -2.19. The van der Waals surface area contributed by atoms with Gasteiger partial charge in [0.1, 0.15) is 5.75 Å². The van der Waals surface area contributed by atoms with Crippen molar-refractivity contribution in [2.24, 2.45) is 0 Å². The Morgan fingerprint density at radius 3 is 2.86 bits per heavy atom. The number of rotatable bonds is 3. The Morgan fingerprint density at radius 2 is 2.18 bits per heavy atom. The molecule has 0 unspecified atom stereocenters. The molecule has 1 N–H and O–H groups in total. The van der Waals surface area contributed by atoms with Crippen molar-refractivity contribution in [1.82, 2.24) is 4.98 Å². The third-order valence-electron chi connectivity index (χ3n) is 3.17. The average Bonchev–Trinajstić information content (AvgIpc) is 2.87. The number of thiazole rings is 1. The standard InChI is InChI=1S/C13H13N3O4S2/c1-8-7-21-13(14-8)15-22(18,19)9-3-4-11-10(5-9)16(2)12(17)6-20-11/h3-5,7H,6H2,1-2H3,(H,14,15). The first kappa shape index (κ1) is 14.8. The van der Waals surface area contributed by atoms with Gasteiger partial charge in [-0.15, -0.1) is 11.3 Å². The van der Waals surface area contributed by atoms with E-state index in [0.717, 1.165) is 5.69 Å². The second-order valence-corrected chi connectivity index (χ2v) is 7.31. The van der Waals surface area contributed by atoms with Crippen LogP contribution in [0.2, 0.25) is 0 Å². The van der Waals surface area contributed by atoms with Crippen molar-refractivity contribution in [3.05, 3.63) is 29.3 Å². The number of ether oxygens (including phenoxy) is 1. The summed E-state index contributed by atoms with van der Waals surface area (Å²) in [4.78, 5) is 17.1. The highest BCUT2D eigenvalue weighted by atomic mass is 32.2. The fourth-order valence-electron chi connectivity index (χ4n) is 1.99. The Balaban J connectivity index is 1.96. The van der Waals surface area contributed by atoms with Crippen molar-refractivity contribution in [1.29, 1.82) is 0 Å². The molecular formula is C13H13N3O4S2. The highest BCUT2D eigenvalue weighted by molar-refractivity contribution is 7.93. The first-order chi connectivity index (χ1) is 10.4. The molecule has 1 aliphatic heterocycles. The first-order valence-electron chi connectivity index (χ1n) is 6.35. The van der Waals surface area contributed by atoms with E-state index >= 15 is 0 Å². The number of aryl methyl sites for hydroxylation is 1. The van der Waals surface area contributed by atoms with E-state index in [-0.39, 0.29) is 17.4 Å². The molecule has 0 saturated carbocycles. The Morgan fingerprint density at radius 1 is 1.41 bits per heavy atom. The van der Waals surface area contributed by atoms with Crippen LogP contribution in [-0.2, 0) is 14.8 Å².